The van der Waals surface area contributed by atoms with Crippen molar-refractivity contribution in [1.82, 2.24) is 4.90 Å². The van der Waals surface area contributed by atoms with Gasteiger partial charge in [-0.15, -0.1) is 11.8 Å². The molecule has 0 saturated heterocycles. The van der Waals surface area contributed by atoms with Crippen molar-refractivity contribution < 1.29 is 14.6 Å². The van der Waals surface area contributed by atoms with Crippen LogP contribution in [0.2, 0.25) is 0 Å². The first kappa shape index (κ1) is 16.7. The number of ether oxygens (including phenoxy) is 1. The number of carbonyl (C=O) groups excluding carboxylic acids is 1. The minimum atomic E-state index is -0.292. The van der Waals surface area contributed by atoms with E-state index in [0.29, 0.717) is 18.0 Å². The molecular formula is C17H23NO3S. The van der Waals surface area contributed by atoms with Gasteiger partial charge in [0, 0.05) is 23.7 Å². The van der Waals surface area contributed by atoms with E-state index in [0.717, 1.165) is 22.8 Å². The minimum Gasteiger partial charge on any atom is -0.507 e. The Bertz CT molecular complexity index is 605. The first-order chi connectivity index (χ1) is 10.2. The standard InChI is InChI=1S/C17H23NO3S/c1-11(19)14-9-16-13(8-15(14)20)10-18(6-7-22-16)12(2)21-17(3,4)5/h8-9,20H,2,6-7,10H2,1,3-5H3. The number of benzene rings is 1. The summed E-state index contributed by atoms with van der Waals surface area (Å²) in [5, 5.41) is 10.0. The van der Waals surface area contributed by atoms with E-state index in [1.807, 2.05) is 20.8 Å². The number of aromatic hydroxyl groups is 1. The molecule has 0 radical (unpaired) electrons. The summed E-state index contributed by atoms with van der Waals surface area (Å²) >= 11 is 1.69. The molecule has 0 saturated carbocycles. The highest BCUT2D eigenvalue weighted by atomic mass is 32.2. The molecule has 5 heteroatoms. The fourth-order valence-corrected chi connectivity index (χ4v) is 3.37. The first-order valence-corrected chi connectivity index (χ1v) is 8.28. The highest BCUT2D eigenvalue weighted by Crippen LogP contribution is 2.34. The maximum Gasteiger partial charge on any atom is 0.182 e. The Morgan fingerprint density at radius 2 is 2.09 bits per heavy atom. The molecule has 0 amide bonds. The SMILES string of the molecule is C=C(OC(C)(C)C)N1CCSc2cc(C(C)=O)c(O)cc2C1. The summed E-state index contributed by atoms with van der Waals surface area (Å²) < 4.78 is 5.85. The van der Waals surface area contributed by atoms with Crippen molar-refractivity contribution in [2.75, 3.05) is 12.3 Å². The number of hydrogen-bond acceptors (Lipinski definition) is 5. The zero-order chi connectivity index (χ0) is 16.5. The van der Waals surface area contributed by atoms with Gasteiger partial charge in [0.2, 0.25) is 0 Å². The number of carbonyl (C=O) groups is 1. The molecule has 120 valence electrons. The van der Waals surface area contributed by atoms with Crippen LogP contribution in [0.4, 0.5) is 0 Å². The third-order valence-corrected chi connectivity index (χ3v) is 4.39. The molecule has 0 aliphatic carbocycles. The van der Waals surface area contributed by atoms with E-state index in [1.165, 1.54) is 6.92 Å². The predicted molar refractivity (Wildman–Crippen MR) is 89.2 cm³/mol. The molecule has 0 aromatic heterocycles. The van der Waals surface area contributed by atoms with Crippen LogP contribution in [0.1, 0.15) is 43.6 Å². The third kappa shape index (κ3) is 3.97. The van der Waals surface area contributed by atoms with Gasteiger partial charge in [0.05, 0.1) is 5.56 Å². The minimum absolute atomic E-state index is 0.0380. The molecule has 0 unspecified atom stereocenters. The van der Waals surface area contributed by atoms with Gasteiger partial charge >= 0.3 is 0 Å². The fourth-order valence-electron chi connectivity index (χ4n) is 2.33. The van der Waals surface area contributed by atoms with E-state index in [9.17, 15) is 9.90 Å². The number of Topliss-reactive ketones (excluding diaryl/α,β-unsaturated/α-hetero) is 1. The number of hydrogen-bond donors (Lipinski definition) is 1. The Labute approximate surface area is 136 Å². The summed E-state index contributed by atoms with van der Waals surface area (Å²) in [6.45, 7) is 12.9. The van der Waals surface area contributed by atoms with Crippen molar-refractivity contribution in [2.45, 2.75) is 44.7 Å². The van der Waals surface area contributed by atoms with Crippen LogP contribution in [0.5, 0.6) is 5.75 Å². The second-order valence-electron chi connectivity index (χ2n) is 6.41. The van der Waals surface area contributed by atoms with Gasteiger partial charge in [0.15, 0.2) is 11.7 Å². The van der Waals surface area contributed by atoms with Crippen molar-refractivity contribution in [1.29, 1.82) is 0 Å². The van der Waals surface area contributed by atoms with E-state index in [4.69, 9.17) is 4.74 Å². The van der Waals surface area contributed by atoms with Crippen LogP contribution in [0, 0.1) is 0 Å². The summed E-state index contributed by atoms with van der Waals surface area (Å²) in [5.41, 5.74) is 1.08. The molecule has 22 heavy (non-hydrogen) atoms. The van der Waals surface area contributed by atoms with Crippen LogP contribution in [0.25, 0.3) is 0 Å². The molecule has 0 atom stereocenters. The molecule has 1 aliphatic rings. The van der Waals surface area contributed by atoms with Crippen LogP contribution in [-0.2, 0) is 11.3 Å². The quantitative estimate of drug-likeness (QED) is 0.678. The normalized spacial score (nSPS) is 15.0. The average Bonchev–Trinajstić information content (AvgIpc) is 2.57. The molecule has 1 aliphatic heterocycles. The van der Waals surface area contributed by atoms with Crippen LogP contribution >= 0.6 is 11.8 Å². The highest BCUT2D eigenvalue weighted by Gasteiger charge is 2.22. The zero-order valence-corrected chi connectivity index (χ0v) is 14.4. The van der Waals surface area contributed by atoms with Gasteiger partial charge in [0.25, 0.3) is 0 Å². The van der Waals surface area contributed by atoms with Crippen molar-refractivity contribution in [2.24, 2.45) is 0 Å². The lowest BCUT2D eigenvalue weighted by Crippen LogP contribution is -2.30. The number of fused-ring (bicyclic) bond motifs is 1. The number of thioether (sulfide) groups is 1. The van der Waals surface area contributed by atoms with Gasteiger partial charge in [-0.3, -0.25) is 4.79 Å². The van der Waals surface area contributed by atoms with Gasteiger partial charge in [-0.1, -0.05) is 0 Å². The van der Waals surface area contributed by atoms with E-state index in [-0.39, 0.29) is 17.1 Å². The summed E-state index contributed by atoms with van der Waals surface area (Å²) in [6, 6.07) is 3.47. The lowest BCUT2D eigenvalue weighted by molar-refractivity contribution is 0.00234. The molecule has 0 fully saturated rings. The number of nitrogens with zero attached hydrogens (tertiary/aromatic N) is 1. The Morgan fingerprint density at radius 3 is 2.68 bits per heavy atom. The second-order valence-corrected chi connectivity index (χ2v) is 7.55. The molecule has 1 aromatic rings. The molecule has 0 bridgehead atoms. The van der Waals surface area contributed by atoms with Crippen LogP contribution in [0.15, 0.2) is 29.5 Å². The zero-order valence-electron chi connectivity index (χ0n) is 13.6. The Hall–Kier alpha value is -1.62. The summed E-state index contributed by atoms with van der Waals surface area (Å²) in [5.74, 6) is 1.43. The van der Waals surface area contributed by atoms with Crippen molar-refractivity contribution >= 4 is 17.5 Å². The monoisotopic (exact) mass is 321 g/mol. The molecule has 1 N–H and O–H groups in total. The second kappa shape index (κ2) is 6.24. The van der Waals surface area contributed by atoms with E-state index >= 15 is 0 Å². The lowest BCUT2D eigenvalue weighted by Gasteiger charge is -2.30. The Kier molecular flexibility index (Phi) is 4.75. The Balaban J connectivity index is 2.25. The van der Waals surface area contributed by atoms with Gasteiger partial charge in [-0.05, 0) is 52.0 Å². The van der Waals surface area contributed by atoms with Crippen LogP contribution in [0.3, 0.4) is 0 Å². The van der Waals surface area contributed by atoms with Crippen LogP contribution in [-0.4, -0.2) is 33.7 Å². The largest absolute Gasteiger partial charge is 0.507 e. The maximum absolute atomic E-state index is 11.6. The van der Waals surface area contributed by atoms with Gasteiger partial charge < -0.3 is 14.7 Å². The highest BCUT2D eigenvalue weighted by molar-refractivity contribution is 7.99. The third-order valence-electron chi connectivity index (χ3n) is 3.31. The van der Waals surface area contributed by atoms with E-state index in [2.05, 4.69) is 11.5 Å². The molecule has 1 heterocycles. The van der Waals surface area contributed by atoms with E-state index in [1.54, 1.807) is 23.9 Å². The number of phenols is 1. The van der Waals surface area contributed by atoms with Crippen molar-refractivity contribution in [3.8, 4) is 5.75 Å². The van der Waals surface area contributed by atoms with Gasteiger partial charge in [-0.25, -0.2) is 0 Å². The topological polar surface area (TPSA) is 49.8 Å². The molecule has 4 nitrogen and oxygen atoms in total. The van der Waals surface area contributed by atoms with Crippen molar-refractivity contribution in [3.63, 3.8) is 0 Å². The van der Waals surface area contributed by atoms with E-state index < -0.39 is 0 Å². The summed E-state index contributed by atoms with van der Waals surface area (Å²) in [4.78, 5) is 14.7. The first-order valence-electron chi connectivity index (χ1n) is 7.30. The number of rotatable bonds is 3. The van der Waals surface area contributed by atoms with Crippen LogP contribution < -0.4 is 0 Å². The molecular weight excluding hydrogens is 298 g/mol. The smallest absolute Gasteiger partial charge is 0.182 e. The van der Waals surface area contributed by atoms with Gasteiger partial charge in [-0.2, -0.15) is 0 Å². The van der Waals surface area contributed by atoms with Gasteiger partial charge in [0.1, 0.15) is 11.4 Å². The molecule has 0 spiro atoms. The molecule has 2 rings (SSSR count). The maximum atomic E-state index is 11.6. The Morgan fingerprint density at radius 1 is 1.41 bits per heavy atom. The number of phenolic OH excluding ortho intramolecular Hbond substituents is 1. The fraction of sp³-hybridized carbons (Fsp3) is 0.471. The predicted octanol–water partition coefficient (Wildman–Crippen LogP) is 3.79. The lowest BCUT2D eigenvalue weighted by atomic mass is 10.1. The number of ketones is 1. The average molecular weight is 321 g/mol. The van der Waals surface area contributed by atoms with Crippen molar-refractivity contribution in [3.05, 3.63) is 35.7 Å². The molecule has 1 aromatic carbocycles. The summed E-state index contributed by atoms with van der Waals surface area (Å²) in [6.07, 6.45) is 0. The summed E-state index contributed by atoms with van der Waals surface area (Å²) in [7, 11) is 0.